The van der Waals surface area contributed by atoms with Crippen LogP contribution in [0.1, 0.15) is 38.2 Å². The zero-order valence-electron chi connectivity index (χ0n) is 11.0. The summed E-state index contributed by atoms with van der Waals surface area (Å²) in [7, 11) is 0. The molecule has 0 bridgehead atoms. The van der Waals surface area contributed by atoms with Gasteiger partial charge < -0.3 is 10.6 Å². The molecule has 0 aliphatic heterocycles. The van der Waals surface area contributed by atoms with Gasteiger partial charge >= 0.3 is 6.03 Å². The van der Waals surface area contributed by atoms with Gasteiger partial charge in [0.05, 0.1) is 0 Å². The Hall–Kier alpha value is -1.51. The Bertz CT molecular complexity index is 385. The van der Waals surface area contributed by atoms with Crippen LogP contribution in [0.2, 0.25) is 0 Å². The van der Waals surface area contributed by atoms with E-state index in [0.717, 1.165) is 12.1 Å². The average Bonchev–Trinajstić information content (AvgIpc) is 3.16. The van der Waals surface area contributed by atoms with E-state index >= 15 is 0 Å². The number of benzene rings is 1. The smallest absolute Gasteiger partial charge is 0.315 e. The molecule has 98 valence electrons. The standard InChI is InChI=1S/C15H22N2O/c1-2-8-15(9-10-15)12-17-14(18)16-11-13-6-4-3-5-7-13/h3-7H,2,8-12H2,1H3,(H2,16,17,18). The molecule has 3 heteroatoms. The third-order valence-corrected chi connectivity index (χ3v) is 3.66. The van der Waals surface area contributed by atoms with Gasteiger partial charge in [-0.3, -0.25) is 0 Å². The van der Waals surface area contributed by atoms with E-state index in [0.29, 0.717) is 12.0 Å². The first kappa shape index (κ1) is 12.9. The highest BCUT2D eigenvalue weighted by atomic mass is 16.2. The lowest BCUT2D eigenvalue weighted by atomic mass is 10.0. The number of carbonyl (C=O) groups excluding carboxylic acids is 1. The molecular formula is C15H22N2O. The number of hydrogen-bond acceptors (Lipinski definition) is 1. The van der Waals surface area contributed by atoms with Crippen LogP contribution in [-0.2, 0) is 6.54 Å². The Morgan fingerprint density at radius 2 is 1.94 bits per heavy atom. The Morgan fingerprint density at radius 1 is 1.22 bits per heavy atom. The molecule has 0 heterocycles. The van der Waals surface area contributed by atoms with Crippen molar-refractivity contribution in [2.45, 2.75) is 39.2 Å². The molecule has 0 radical (unpaired) electrons. The molecule has 1 aromatic carbocycles. The van der Waals surface area contributed by atoms with Crippen LogP contribution in [0.4, 0.5) is 4.79 Å². The summed E-state index contributed by atoms with van der Waals surface area (Å²) in [6.45, 7) is 3.62. The number of hydrogen-bond donors (Lipinski definition) is 2. The van der Waals surface area contributed by atoms with Gasteiger partial charge in [-0.2, -0.15) is 0 Å². The summed E-state index contributed by atoms with van der Waals surface area (Å²) in [6.07, 6.45) is 4.96. The Balaban J connectivity index is 1.67. The van der Waals surface area contributed by atoms with E-state index < -0.39 is 0 Å². The summed E-state index contributed by atoms with van der Waals surface area (Å²) >= 11 is 0. The van der Waals surface area contributed by atoms with Crippen molar-refractivity contribution in [1.29, 1.82) is 0 Å². The van der Waals surface area contributed by atoms with Crippen LogP contribution >= 0.6 is 0 Å². The van der Waals surface area contributed by atoms with E-state index in [4.69, 9.17) is 0 Å². The van der Waals surface area contributed by atoms with Gasteiger partial charge in [0.15, 0.2) is 0 Å². The quantitative estimate of drug-likeness (QED) is 0.795. The third kappa shape index (κ3) is 3.76. The predicted molar refractivity (Wildman–Crippen MR) is 73.3 cm³/mol. The van der Waals surface area contributed by atoms with E-state index in [1.807, 2.05) is 30.3 Å². The van der Waals surface area contributed by atoms with Gasteiger partial charge in [0.1, 0.15) is 0 Å². The van der Waals surface area contributed by atoms with Gasteiger partial charge in [0.25, 0.3) is 0 Å². The van der Waals surface area contributed by atoms with E-state index in [1.54, 1.807) is 0 Å². The number of urea groups is 1. The summed E-state index contributed by atoms with van der Waals surface area (Å²) in [5.74, 6) is 0. The van der Waals surface area contributed by atoms with E-state index in [-0.39, 0.29) is 6.03 Å². The maximum absolute atomic E-state index is 11.7. The van der Waals surface area contributed by atoms with Crippen molar-refractivity contribution in [1.82, 2.24) is 10.6 Å². The highest BCUT2D eigenvalue weighted by Gasteiger charge is 2.41. The van der Waals surface area contributed by atoms with Gasteiger partial charge in [-0.15, -0.1) is 0 Å². The molecule has 2 rings (SSSR count). The van der Waals surface area contributed by atoms with Crippen molar-refractivity contribution in [3.63, 3.8) is 0 Å². The Labute approximate surface area is 109 Å². The van der Waals surface area contributed by atoms with Crippen LogP contribution in [0.15, 0.2) is 30.3 Å². The molecule has 2 N–H and O–H groups in total. The minimum Gasteiger partial charge on any atom is -0.338 e. The molecule has 1 aliphatic carbocycles. The highest BCUT2D eigenvalue weighted by Crippen LogP contribution is 2.48. The maximum Gasteiger partial charge on any atom is 0.315 e. The summed E-state index contributed by atoms with van der Waals surface area (Å²) in [5.41, 5.74) is 1.54. The van der Waals surface area contributed by atoms with Crippen molar-refractivity contribution in [2.24, 2.45) is 5.41 Å². The van der Waals surface area contributed by atoms with Crippen LogP contribution in [0.5, 0.6) is 0 Å². The first-order valence-electron chi connectivity index (χ1n) is 6.80. The van der Waals surface area contributed by atoms with Crippen molar-refractivity contribution < 1.29 is 4.79 Å². The Kier molecular flexibility index (Phi) is 4.24. The molecule has 18 heavy (non-hydrogen) atoms. The van der Waals surface area contributed by atoms with Gasteiger partial charge in [-0.05, 0) is 30.2 Å². The number of amides is 2. The lowest BCUT2D eigenvalue weighted by Crippen LogP contribution is -2.38. The van der Waals surface area contributed by atoms with Crippen LogP contribution in [0.25, 0.3) is 0 Å². The molecule has 0 spiro atoms. The van der Waals surface area contributed by atoms with E-state index in [2.05, 4.69) is 17.6 Å². The van der Waals surface area contributed by atoms with E-state index in [1.165, 1.54) is 25.7 Å². The van der Waals surface area contributed by atoms with Gasteiger partial charge in [0.2, 0.25) is 0 Å². The summed E-state index contributed by atoms with van der Waals surface area (Å²) in [4.78, 5) is 11.7. The van der Waals surface area contributed by atoms with Crippen molar-refractivity contribution >= 4 is 6.03 Å². The second kappa shape index (κ2) is 5.89. The largest absolute Gasteiger partial charge is 0.338 e. The fourth-order valence-electron chi connectivity index (χ4n) is 2.33. The first-order chi connectivity index (χ1) is 8.74. The molecule has 0 saturated heterocycles. The van der Waals surface area contributed by atoms with Crippen molar-refractivity contribution in [3.05, 3.63) is 35.9 Å². The Morgan fingerprint density at radius 3 is 2.56 bits per heavy atom. The van der Waals surface area contributed by atoms with E-state index in [9.17, 15) is 4.79 Å². The molecule has 0 atom stereocenters. The zero-order chi connectivity index (χ0) is 12.8. The molecule has 3 nitrogen and oxygen atoms in total. The molecule has 1 aliphatic rings. The summed E-state index contributed by atoms with van der Waals surface area (Å²) in [5, 5.41) is 5.88. The monoisotopic (exact) mass is 246 g/mol. The third-order valence-electron chi connectivity index (χ3n) is 3.66. The normalized spacial score (nSPS) is 16.1. The van der Waals surface area contributed by atoms with Crippen LogP contribution in [0.3, 0.4) is 0 Å². The minimum atomic E-state index is -0.0544. The second-order valence-electron chi connectivity index (χ2n) is 5.27. The SMILES string of the molecule is CCCC1(CNC(=O)NCc2ccccc2)CC1. The molecule has 2 amide bonds. The van der Waals surface area contributed by atoms with Crippen molar-refractivity contribution in [2.75, 3.05) is 6.54 Å². The van der Waals surface area contributed by atoms with Crippen molar-refractivity contribution in [3.8, 4) is 0 Å². The molecule has 1 fully saturated rings. The number of rotatable bonds is 6. The van der Waals surface area contributed by atoms with Gasteiger partial charge in [-0.25, -0.2) is 4.79 Å². The topological polar surface area (TPSA) is 41.1 Å². The molecule has 1 saturated carbocycles. The molecule has 0 unspecified atom stereocenters. The minimum absolute atomic E-state index is 0.0544. The lowest BCUT2D eigenvalue weighted by molar-refractivity contribution is 0.237. The fourth-order valence-corrected chi connectivity index (χ4v) is 2.33. The van der Waals surface area contributed by atoms with Gasteiger partial charge in [-0.1, -0.05) is 43.7 Å². The predicted octanol–water partition coefficient (Wildman–Crippen LogP) is 3.07. The first-order valence-corrected chi connectivity index (χ1v) is 6.80. The number of carbonyl (C=O) groups is 1. The average molecular weight is 246 g/mol. The highest BCUT2D eigenvalue weighted by molar-refractivity contribution is 5.73. The van der Waals surface area contributed by atoms with Crippen LogP contribution < -0.4 is 10.6 Å². The zero-order valence-corrected chi connectivity index (χ0v) is 11.0. The van der Waals surface area contributed by atoms with Crippen LogP contribution in [0, 0.1) is 5.41 Å². The van der Waals surface area contributed by atoms with Gasteiger partial charge in [0, 0.05) is 13.1 Å². The molecule has 0 aromatic heterocycles. The second-order valence-corrected chi connectivity index (χ2v) is 5.27. The fraction of sp³-hybridized carbons (Fsp3) is 0.533. The maximum atomic E-state index is 11.7. The number of nitrogens with one attached hydrogen (secondary N) is 2. The molecule has 1 aromatic rings. The lowest BCUT2D eigenvalue weighted by Gasteiger charge is -2.15. The summed E-state index contributed by atoms with van der Waals surface area (Å²) in [6, 6.07) is 9.91. The summed E-state index contributed by atoms with van der Waals surface area (Å²) < 4.78 is 0. The molecular weight excluding hydrogens is 224 g/mol. The van der Waals surface area contributed by atoms with Crippen LogP contribution in [-0.4, -0.2) is 12.6 Å².